The van der Waals surface area contributed by atoms with Gasteiger partial charge in [-0.1, -0.05) is 0 Å². The average Bonchev–Trinajstić information content (AvgIpc) is 2.48. The maximum absolute atomic E-state index is 5.46. The zero-order valence-electron chi connectivity index (χ0n) is 12.9. The minimum Gasteiger partial charge on any atom is -0.490 e. The van der Waals surface area contributed by atoms with E-state index in [9.17, 15) is 0 Å². The van der Waals surface area contributed by atoms with E-state index in [1.165, 1.54) is 25.9 Å². The minimum atomic E-state index is 0.713. The molecule has 0 radical (unpaired) electrons. The van der Waals surface area contributed by atoms with Gasteiger partial charge >= 0.3 is 0 Å². The fourth-order valence-electron chi connectivity index (χ4n) is 2.72. The van der Waals surface area contributed by atoms with Crippen molar-refractivity contribution in [3.05, 3.63) is 6.33 Å². The molecule has 0 amide bonds. The van der Waals surface area contributed by atoms with E-state index < -0.39 is 0 Å². The normalized spacial score (nSPS) is 17.0. The van der Waals surface area contributed by atoms with Gasteiger partial charge in [-0.2, -0.15) is 0 Å². The highest BCUT2D eigenvalue weighted by Crippen LogP contribution is 2.31. The fraction of sp³-hybridized carbons (Fsp3) is 0.714. The number of nitrogens with one attached hydrogen (secondary N) is 1. The van der Waals surface area contributed by atoms with Gasteiger partial charge in [-0.05, 0) is 38.9 Å². The van der Waals surface area contributed by atoms with E-state index in [1.807, 2.05) is 7.05 Å². The number of anilines is 2. The SMILES string of the molecule is CNc1ncnc(N(C)CC2CCN(C)CC2)c1OC. The molecular weight excluding hydrogens is 254 g/mol. The lowest BCUT2D eigenvalue weighted by Gasteiger charge is -2.32. The average molecular weight is 279 g/mol. The van der Waals surface area contributed by atoms with Gasteiger partial charge in [-0.3, -0.25) is 0 Å². The largest absolute Gasteiger partial charge is 0.490 e. The van der Waals surface area contributed by atoms with Crippen LogP contribution in [0.25, 0.3) is 0 Å². The van der Waals surface area contributed by atoms with Crippen molar-refractivity contribution in [2.24, 2.45) is 5.92 Å². The highest BCUT2D eigenvalue weighted by atomic mass is 16.5. The van der Waals surface area contributed by atoms with Crippen LogP contribution in [-0.4, -0.2) is 62.8 Å². The van der Waals surface area contributed by atoms with E-state index in [2.05, 4.69) is 39.2 Å². The molecule has 1 N–H and O–H groups in total. The van der Waals surface area contributed by atoms with Crippen LogP contribution in [0.3, 0.4) is 0 Å². The van der Waals surface area contributed by atoms with Crippen molar-refractivity contribution in [2.45, 2.75) is 12.8 Å². The number of methoxy groups -OCH3 is 1. The molecule has 0 atom stereocenters. The first-order valence-electron chi connectivity index (χ1n) is 7.12. The molecule has 0 spiro atoms. The molecule has 1 fully saturated rings. The van der Waals surface area contributed by atoms with E-state index in [0.717, 1.165) is 18.2 Å². The number of nitrogens with zero attached hydrogens (tertiary/aromatic N) is 4. The van der Waals surface area contributed by atoms with Crippen LogP contribution >= 0.6 is 0 Å². The molecule has 1 aliphatic rings. The first-order chi connectivity index (χ1) is 9.65. The molecule has 0 bridgehead atoms. The summed E-state index contributed by atoms with van der Waals surface area (Å²) >= 11 is 0. The summed E-state index contributed by atoms with van der Waals surface area (Å²) < 4.78 is 5.46. The lowest BCUT2D eigenvalue weighted by atomic mass is 9.97. The molecule has 0 saturated carbocycles. The molecule has 2 heterocycles. The van der Waals surface area contributed by atoms with Gasteiger partial charge in [0.25, 0.3) is 0 Å². The van der Waals surface area contributed by atoms with Crippen LogP contribution in [0.1, 0.15) is 12.8 Å². The van der Waals surface area contributed by atoms with Crippen molar-refractivity contribution in [3.63, 3.8) is 0 Å². The highest BCUT2D eigenvalue weighted by Gasteiger charge is 2.21. The van der Waals surface area contributed by atoms with Crippen LogP contribution in [0.15, 0.2) is 6.33 Å². The third-order valence-corrected chi connectivity index (χ3v) is 3.96. The summed E-state index contributed by atoms with van der Waals surface area (Å²) in [6.07, 6.45) is 4.06. The number of likely N-dealkylation sites (tertiary alicyclic amines) is 1. The third-order valence-electron chi connectivity index (χ3n) is 3.96. The number of rotatable bonds is 5. The molecule has 0 aromatic carbocycles. The molecule has 20 heavy (non-hydrogen) atoms. The van der Waals surface area contributed by atoms with Crippen LogP contribution < -0.4 is 15.0 Å². The van der Waals surface area contributed by atoms with Gasteiger partial charge in [0.15, 0.2) is 11.6 Å². The van der Waals surface area contributed by atoms with Gasteiger partial charge in [-0.15, -0.1) is 0 Å². The lowest BCUT2D eigenvalue weighted by molar-refractivity contribution is 0.222. The van der Waals surface area contributed by atoms with Gasteiger partial charge in [0.05, 0.1) is 7.11 Å². The van der Waals surface area contributed by atoms with Gasteiger partial charge < -0.3 is 19.9 Å². The highest BCUT2D eigenvalue weighted by molar-refractivity contribution is 5.64. The molecule has 1 aromatic rings. The quantitative estimate of drug-likeness (QED) is 0.877. The molecule has 1 aliphatic heterocycles. The van der Waals surface area contributed by atoms with Crippen LogP contribution in [0, 0.1) is 5.92 Å². The van der Waals surface area contributed by atoms with Crippen molar-refractivity contribution in [3.8, 4) is 5.75 Å². The molecular formula is C14H25N5O. The monoisotopic (exact) mass is 279 g/mol. The van der Waals surface area contributed by atoms with E-state index in [4.69, 9.17) is 4.74 Å². The van der Waals surface area contributed by atoms with E-state index >= 15 is 0 Å². The molecule has 112 valence electrons. The van der Waals surface area contributed by atoms with Gasteiger partial charge in [0.2, 0.25) is 5.75 Å². The molecule has 6 nitrogen and oxygen atoms in total. The number of hydrogen-bond acceptors (Lipinski definition) is 6. The first kappa shape index (κ1) is 14.8. The smallest absolute Gasteiger partial charge is 0.204 e. The van der Waals surface area contributed by atoms with Crippen molar-refractivity contribution in [1.29, 1.82) is 0 Å². The molecule has 0 aliphatic carbocycles. The summed E-state index contributed by atoms with van der Waals surface area (Å²) in [4.78, 5) is 13.1. The Hall–Kier alpha value is -1.56. The molecule has 1 saturated heterocycles. The topological polar surface area (TPSA) is 53.5 Å². The maximum atomic E-state index is 5.46. The van der Waals surface area contributed by atoms with E-state index in [0.29, 0.717) is 11.7 Å². The summed E-state index contributed by atoms with van der Waals surface area (Å²) in [6.45, 7) is 3.37. The van der Waals surface area contributed by atoms with Crippen LogP contribution in [0.4, 0.5) is 11.6 Å². The van der Waals surface area contributed by atoms with Crippen LogP contribution in [0.2, 0.25) is 0 Å². The predicted octanol–water partition coefficient (Wildman–Crippen LogP) is 1.30. The van der Waals surface area contributed by atoms with Gasteiger partial charge in [0, 0.05) is 20.6 Å². The number of ether oxygens (including phenoxy) is 1. The van der Waals surface area contributed by atoms with Crippen LogP contribution in [-0.2, 0) is 0 Å². The zero-order valence-corrected chi connectivity index (χ0v) is 12.9. The Bertz CT molecular complexity index is 432. The summed E-state index contributed by atoms with van der Waals surface area (Å²) in [6, 6.07) is 0. The van der Waals surface area contributed by atoms with Crippen LogP contribution in [0.5, 0.6) is 5.75 Å². The van der Waals surface area contributed by atoms with Crippen molar-refractivity contribution < 1.29 is 4.74 Å². The summed E-state index contributed by atoms with van der Waals surface area (Å²) in [5.41, 5.74) is 0. The van der Waals surface area contributed by atoms with Crippen molar-refractivity contribution in [1.82, 2.24) is 14.9 Å². The Morgan fingerprint density at radius 1 is 1.40 bits per heavy atom. The van der Waals surface area contributed by atoms with Gasteiger partial charge in [-0.25, -0.2) is 9.97 Å². The fourth-order valence-corrected chi connectivity index (χ4v) is 2.72. The second kappa shape index (κ2) is 6.74. The molecule has 1 aromatic heterocycles. The Labute approximate surface area is 121 Å². The Morgan fingerprint density at radius 2 is 2.10 bits per heavy atom. The summed E-state index contributed by atoms with van der Waals surface area (Å²) in [7, 11) is 7.76. The molecule has 6 heteroatoms. The number of aromatic nitrogens is 2. The lowest BCUT2D eigenvalue weighted by Crippen LogP contribution is -2.36. The number of piperidine rings is 1. The van der Waals surface area contributed by atoms with E-state index in [-0.39, 0.29) is 0 Å². The summed E-state index contributed by atoms with van der Waals surface area (Å²) in [5.74, 6) is 3.01. The Balaban J connectivity index is 2.07. The molecule has 0 unspecified atom stereocenters. The van der Waals surface area contributed by atoms with Crippen molar-refractivity contribution >= 4 is 11.6 Å². The summed E-state index contributed by atoms with van der Waals surface area (Å²) in [5, 5.41) is 3.04. The number of hydrogen-bond donors (Lipinski definition) is 1. The first-order valence-corrected chi connectivity index (χ1v) is 7.12. The van der Waals surface area contributed by atoms with E-state index in [1.54, 1.807) is 13.4 Å². The minimum absolute atomic E-state index is 0.713. The maximum Gasteiger partial charge on any atom is 0.204 e. The molecule has 2 rings (SSSR count). The Morgan fingerprint density at radius 3 is 2.70 bits per heavy atom. The van der Waals surface area contributed by atoms with Gasteiger partial charge in [0.1, 0.15) is 6.33 Å². The third kappa shape index (κ3) is 3.30. The standard InChI is InChI=1S/C14H25N5O/c1-15-13-12(20-4)14(17-10-16-13)19(3)9-11-5-7-18(2)8-6-11/h10-11H,5-9H2,1-4H3,(H,15,16,17). The zero-order chi connectivity index (χ0) is 14.5. The second-order valence-corrected chi connectivity index (χ2v) is 5.46. The Kier molecular flexibility index (Phi) is 5.00. The van der Waals surface area contributed by atoms with Crippen molar-refractivity contribution in [2.75, 3.05) is 58.1 Å². The second-order valence-electron chi connectivity index (χ2n) is 5.46. The predicted molar refractivity (Wildman–Crippen MR) is 81.6 cm³/mol.